The summed E-state index contributed by atoms with van der Waals surface area (Å²) in [5, 5.41) is 0. The molecule has 8 heteroatoms. The van der Waals surface area contributed by atoms with E-state index in [1.807, 2.05) is 13.8 Å². The molecule has 4 aliphatic rings. The largest absolute Gasteiger partial charge is 0.469 e. The van der Waals surface area contributed by atoms with E-state index < -0.39 is 28.4 Å². The molecule has 0 heterocycles. The summed E-state index contributed by atoms with van der Waals surface area (Å²) < 4.78 is 42.7. The van der Waals surface area contributed by atoms with Crippen molar-refractivity contribution in [2.45, 2.75) is 105 Å². The normalized spacial score (nSPS) is 39.5. The second kappa shape index (κ2) is 10.2. The Kier molecular flexibility index (Phi) is 7.87. The Bertz CT molecular complexity index is 1150. The van der Waals surface area contributed by atoms with Gasteiger partial charge in [0.25, 0.3) is 0 Å². The predicted octanol–water partition coefficient (Wildman–Crippen LogP) is 6.25. The highest BCUT2D eigenvalue weighted by atomic mass is 32.3. The minimum Gasteiger partial charge on any atom is -0.469 e. The topological polar surface area (TPSA) is 107 Å². The zero-order valence-electron chi connectivity index (χ0n) is 24.1. The highest BCUT2D eigenvalue weighted by molar-refractivity contribution is 7.80. The van der Waals surface area contributed by atoms with Crippen molar-refractivity contribution in [3.05, 3.63) is 22.8 Å². The first-order chi connectivity index (χ1) is 17.6. The number of ether oxygens (including phenoxy) is 1. The molecule has 2 saturated carbocycles. The smallest absolute Gasteiger partial charge is 0.397 e. The standard InChI is InChI=1S/C30H46O7S/c1-18(2)16-20(31)17-19(3)21-10-14-30(6)23-8-9-24-26(27(32)36-7)25(37-38(33,34)35)12-13-28(24,4)22(23)11-15-29(21,30)5/h16,19,21,24-26H,8-15,17H2,1-7H3,(H,33,34,35). The molecule has 8 atom stereocenters. The van der Waals surface area contributed by atoms with Gasteiger partial charge in [-0.1, -0.05) is 44.4 Å². The number of fused-ring (bicyclic) bond motifs is 4. The van der Waals surface area contributed by atoms with Crippen molar-refractivity contribution in [2.75, 3.05) is 7.11 Å². The van der Waals surface area contributed by atoms with Crippen LogP contribution in [0.1, 0.15) is 99.3 Å². The average Bonchev–Trinajstić information content (AvgIpc) is 3.08. The Hall–Kier alpha value is -1.51. The molecule has 2 fully saturated rings. The van der Waals surface area contributed by atoms with E-state index in [1.165, 1.54) is 18.3 Å². The Morgan fingerprint density at radius 2 is 1.74 bits per heavy atom. The number of ketones is 1. The third-order valence-electron chi connectivity index (χ3n) is 11.3. The summed E-state index contributed by atoms with van der Waals surface area (Å²) >= 11 is 0. The highest BCUT2D eigenvalue weighted by Crippen LogP contribution is 2.71. The number of rotatable bonds is 7. The third-order valence-corrected chi connectivity index (χ3v) is 11.8. The fourth-order valence-corrected chi connectivity index (χ4v) is 9.97. The lowest BCUT2D eigenvalue weighted by atomic mass is 9.45. The third kappa shape index (κ3) is 4.83. The van der Waals surface area contributed by atoms with Gasteiger partial charge in [-0.25, -0.2) is 4.18 Å². The summed E-state index contributed by atoms with van der Waals surface area (Å²) in [6.45, 7) is 13.3. The summed E-state index contributed by atoms with van der Waals surface area (Å²) in [7, 11) is -3.37. The lowest BCUT2D eigenvalue weighted by Gasteiger charge is -2.60. The van der Waals surface area contributed by atoms with Crippen LogP contribution in [0.5, 0.6) is 0 Å². The molecule has 8 unspecified atom stereocenters. The summed E-state index contributed by atoms with van der Waals surface area (Å²) in [4.78, 5) is 25.6. The van der Waals surface area contributed by atoms with E-state index in [1.54, 1.807) is 6.08 Å². The Labute approximate surface area is 228 Å². The highest BCUT2D eigenvalue weighted by Gasteiger charge is 2.63. The molecule has 4 rings (SSSR count). The van der Waals surface area contributed by atoms with Crippen LogP contribution in [0.2, 0.25) is 0 Å². The minimum absolute atomic E-state index is 0.0373. The SMILES string of the molecule is COC(=O)C1C(OS(=O)(=O)O)CCC2(C)C3=C(CCC12)C1(C)CCC(C(C)CC(=O)C=C(C)C)C1(C)CC3. The van der Waals surface area contributed by atoms with Crippen molar-refractivity contribution >= 4 is 22.2 Å². The lowest BCUT2D eigenvalue weighted by molar-refractivity contribution is -0.158. The first-order valence-corrected chi connectivity index (χ1v) is 15.6. The molecular weight excluding hydrogens is 504 g/mol. The van der Waals surface area contributed by atoms with Gasteiger partial charge in [-0.15, -0.1) is 0 Å². The minimum atomic E-state index is -4.69. The van der Waals surface area contributed by atoms with Gasteiger partial charge in [-0.05, 0) is 105 Å². The van der Waals surface area contributed by atoms with Gasteiger partial charge < -0.3 is 4.74 Å². The van der Waals surface area contributed by atoms with Gasteiger partial charge in [0, 0.05) is 6.42 Å². The van der Waals surface area contributed by atoms with Crippen molar-refractivity contribution < 1.29 is 31.5 Å². The molecule has 214 valence electrons. The van der Waals surface area contributed by atoms with Crippen molar-refractivity contribution in [1.29, 1.82) is 0 Å². The van der Waals surface area contributed by atoms with Crippen molar-refractivity contribution in [1.82, 2.24) is 0 Å². The Morgan fingerprint density at radius 1 is 1.05 bits per heavy atom. The number of carbonyl (C=O) groups is 2. The Balaban J connectivity index is 1.67. The molecule has 7 nitrogen and oxygen atoms in total. The van der Waals surface area contributed by atoms with Gasteiger partial charge in [0.2, 0.25) is 0 Å². The maximum Gasteiger partial charge on any atom is 0.397 e. The first-order valence-electron chi connectivity index (χ1n) is 14.2. The van der Waals surface area contributed by atoms with Crippen LogP contribution in [-0.2, 0) is 28.9 Å². The van der Waals surface area contributed by atoms with E-state index in [9.17, 15) is 22.6 Å². The first kappa shape index (κ1) is 29.5. The van der Waals surface area contributed by atoms with Crippen LogP contribution in [0.3, 0.4) is 0 Å². The molecule has 0 spiro atoms. The van der Waals surface area contributed by atoms with Gasteiger partial charge in [-0.3, -0.25) is 14.1 Å². The molecule has 0 amide bonds. The van der Waals surface area contributed by atoms with E-state index in [0.717, 1.165) is 44.1 Å². The number of hydrogen-bond acceptors (Lipinski definition) is 6. The van der Waals surface area contributed by atoms with Crippen LogP contribution in [0.15, 0.2) is 22.8 Å². The molecule has 38 heavy (non-hydrogen) atoms. The fourth-order valence-electron chi connectivity index (χ4n) is 9.44. The molecule has 0 aromatic carbocycles. The van der Waals surface area contributed by atoms with E-state index >= 15 is 0 Å². The van der Waals surface area contributed by atoms with Crippen LogP contribution < -0.4 is 0 Å². The Morgan fingerprint density at radius 3 is 2.34 bits per heavy atom. The van der Waals surface area contributed by atoms with E-state index in [0.29, 0.717) is 31.1 Å². The van der Waals surface area contributed by atoms with Gasteiger partial charge in [0.05, 0.1) is 19.1 Å². The van der Waals surface area contributed by atoms with Gasteiger partial charge in [0.1, 0.15) is 0 Å². The predicted molar refractivity (Wildman–Crippen MR) is 145 cm³/mol. The molecule has 4 aliphatic carbocycles. The number of carbonyl (C=O) groups excluding carboxylic acids is 2. The summed E-state index contributed by atoms with van der Waals surface area (Å²) in [5.74, 6) is -0.315. The van der Waals surface area contributed by atoms with E-state index in [2.05, 4.69) is 27.7 Å². The number of hydrogen-bond donors (Lipinski definition) is 1. The maximum atomic E-state index is 13.0. The van der Waals surface area contributed by atoms with Crippen LogP contribution >= 0.6 is 0 Å². The zero-order chi connectivity index (χ0) is 28.3. The van der Waals surface area contributed by atoms with E-state index in [-0.39, 0.29) is 27.9 Å². The summed E-state index contributed by atoms with van der Waals surface area (Å²) in [6.07, 6.45) is 8.35. The molecule has 0 saturated heterocycles. The summed E-state index contributed by atoms with van der Waals surface area (Å²) in [5.41, 5.74) is 3.92. The fraction of sp³-hybridized carbons (Fsp3) is 0.800. The second-order valence-electron chi connectivity index (χ2n) is 13.4. The van der Waals surface area contributed by atoms with Gasteiger partial charge in [0.15, 0.2) is 5.78 Å². The van der Waals surface area contributed by atoms with Crippen molar-refractivity contribution in [3.63, 3.8) is 0 Å². The zero-order valence-corrected chi connectivity index (χ0v) is 24.9. The van der Waals surface area contributed by atoms with E-state index in [4.69, 9.17) is 8.92 Å². The molecule has 0 aromatic rings. The average molecular weight is 551 g/mol. The number of methoxy groups -OCH3 is 1. The lowest BCUT2D eigenvalue weighted by Crippen LogP contribution is -2.54. The van der Waals surface area contributed by atoms with Gasteiger partial charge >= 0.3 is 16.4 Å². The molecule has 1 N–H and O–H groups in total. The van der Waals surface area contributed by atoms with Crippen molar-refractivity contribution in [3.8, 4) is 0 Å². The molecular formula is C30H46O7S. The second-order valence-corrected chi connectivity index (χ2v) is 14.5. The van der Waals surface area contributed by atoms with Crippen LogP contribution in [-0.4, -0.2) is 37.9 Å². The van der Waals surface area contributed by atoms with Crippen LogP contribution in [0.25, 0.3) is 0 Å². The molecule has 0 radical (unpaired) electrons. The molecule has 0 aliphatic heterocycles. The quantitative estimate of drug-likeness (QED) is 0.173. The molecule has 0 aromatic heterocycles. The molecule has 0 bridgehead atoms. The summed E-state index contributed by atoms with van der Waals surface area (Å²) in [6, 6.07) is 0. The van der Waals surface area contributed by atoms with Gasteiger partial charge in [-0.2, -0.15) is 8.42 Å². The number of allylic oxidation sites excluding steroid dienone is 4. The van der Waals surface area contributed by atoms with Crippen LogP contribution in [0.4, 0.5) is 0 Å². The van der Waals surface area contributed by atoms with Crippen molar-refractivity contribution in [2.24, 2.45) is 39.9 Å². The monoisotopic (exact) mass is 550 g/mol. The number of esters is 1. The van der Waals surface area contributed by atoms with Crippen LogP contribution in [0, 0.1) is 39.9 Å². The maximum absolute atomic E-state index is 13.0.